The lowest BCUT2D eigenvalue weighted by Gasteiger charge is -2.12. The van der Waals surface area contributed by atoms with Gasteiger partial charge in [0.05, 0.1) is 18.5 Å². The van der Waals surface area contributed by atoms with Crippen LogP contribution in [0, 0.1) is 12.7 Å². The van der Waals surface area contributed by atoms with Crippen LogP contribution in [0.2, 0.25) is 0 Å². The fourth-order valence-electron chi connectivity index (χ4n) is 1.86. The molecule has 0 spiro atoms. The molecule has 0 radical (unpaired) electrons. The molecule has 0 unspecified atom stereocenters. The Labute approximate surface area is 112 Å². The van der Waals surface area contributed by atoms with Crippen LogP contribution in [-0.4, -0.2) is 22.7 Å². The average Bonchev–Trinajstić information content (AvgIpc) is 2.69. The fourth-order valence-corrected chi connectivity index (χ4v) is 1.86. The zero-order chi connectivity index (χ0) is 14.0. The number of halogens is 1. The van der Waals surface area contributed by atoms with Crippen LogP contribution in [0.15, 0.2) is 24.4 Å². The number of ether oxygens (including phenoxy) is 1. The summed E-state index contributed by atoms with van der Waals surface area (Å²) in [6.45, 7) is 5.97. The van der Waals surface area contributed by atoms with Crippen LogP contribution in [0.25, 0.3) is 5.69 Å². The van der Waals surface area contributed by atoms with E-state index in [4.69, 9.17) is 4.74 Å². The Morgan fingerprint density at radius 1 is 1.37 bits per heavy atom. The molecule has 19 heavy (non-hydrogen) atoms. The molecule has 0 bridgehead atoms. The Kier molecular flexibility index (Phi) is 3.74. The van der Waals surface area contributed by atoms with Gasteiger partial charge in [0.1, 0.15) is 0 Å². The first kappa shape index (κ1) is 13.4. The molecule has 1 aromatic carbocycles. The maximum atomic E-state index is 13.8. The molecule has 0 saturated heterocycles. The van der Waals surface area contributed by atoms with Crippen molar-refractivity contribution in [3.05, 3.63) is 35.9 Å². The van der Waals surface area contributed by atoms with E-state index >= 15 is 0 Å². The third kappa shape index (κ3) is 2.86. The van der Waals surface area contributed by atoms with Gasteiger partial charge in [-0.15, -0.1) is 0 Å². The van der Waals surface area contributed by atoms with E-state index in [0.717, 1.165) is 5.69 Å². The van der Waals surface area contributed by atoms with E-state index in [0.29, 0.717) is 11.6 Å². The molecule has 102 valence electrons. The van der Waals surface area contributed by atoms with Gasteiger partial charge in [-0.3, -0.25) is 4.57 Å². The third-order valence-corrected chi connectivity index (χ3v) is 2.66. The Balaban J connectivity index is 2.43. The van der Waals surface area contributed by atoms with E-state index in [-0.39, 0.29) is 17.6 Å². The lowest BCUT2D eigenvalue weighted by Crippen LogP contribution is -2.14. The van der Waals surface area contributed by atoms with Crippen LogP contribution in [0.3, 0.4) is 0 Å². The summed E-state index contributed by atoms with van der Waals surface area (Å²) in [5, 5.41) is 3.24. The molecule has 0 aliphatic heterocycles. The van der Waals surface area contributed by atoms with Crippen LogP contribution < -0.4 is 10.1 Å². The minimum absolute atomic E-state index is 0.235. The molecular formula is C14H18FN3O. The Morgan fingerprint density at radius 2 is 2.11 bits per heavy atom. The number of methoxy groups -OCH3 is 1. The van der Waals surface area contributed by atoms with Gasteiger partial charge in [0.2, 0.25) is 5.95 Å². The second kappa shape index (κ2) is 5.30. The summed E-state index contributed by atoms with van der Waals surface area (Å²) in [7, 11) is 1.45. The molecule has 0 saturated carbocycles. The number of nitrogens with one attached hydrogen (secondary N) is 1. The number of hydrogen-bond acceptors (Lipinski definition) is 3. The summed E-state index contributed by atoms with van der Waals surface area (Å²) in [4.78, 5) is 4.40. The van der Waals surface area contributed by atoms with E-state index < -0.39 is 0 Å². The molecule has 5 heteroatoms. The summed E-state index contributed by atoms with van der Waals surface area (Å²) in [5.41, 5.74) is 1.58. The van der Waals surface area contributed by atoms with Crippen molar-refractivity contribution in [2.45, 2.75) is 26.8 Å². The Morgan fingerprint density at radius 3 is 2.68 bits per heavy atom. The molecule has 1 heterocycles. The van der Waals surface area contributed by atoms with Gasteiger partial charge in [-0.2, -0.15) is 0 Å². The van der Waals surface area contributed by atoms with E-state index in [1.807, 2.05) is 31.5 Å². The maximum Gasteiger partial charge on any atom is 0.207 e. The van der Waals surface area contributed by atoms with Crippen LogP contribution >= 0.6 is 0 Å². The predicted octanol–water partition coefficient (Wildman–Crippen LogP) is 3.15. The van der Waals surface area contributed by atoms with Crippen molar-refractivity contribution in [2.75, 3.05) is 12.4 Å². The molecule has 2 rings (SSSR count). The van der Waals surface area contributed by atoms with Crippen molar-refractivity contribution in [1.29, 1.82) is 0 Å². The zero-order valence-corrected chi connectivity index (χ0v) is 11.6. The van der Waals surface area contributed by atoms with Crippen LogP contribution in [0.5, 0.6) is 5.75 Å². The van der Waals surface area contributed by atoms with Crippen molar-refractivity contribution in [1.82, 2.24) is 9.55 Å². The smallest absolute Gasteiger partial charge is 0.207 e. The topological polar surface area (TPSA) is 39.1 Å². The van der Waals surface area contributed by atoms with E-state index in [1.165, 1.54) is 13.2 Å². The molecule has 4 nitrogen and oxygen atoms in total. The number of nitrogens with zero attached hydrogens (tertiary/aromatic N) is 2. The summed E-state index contributed by atoms with van der Waals surface area (Å²) < 4.78 is 20.5. The highest BCUT2D eigenvalue weighted by Gasteiger charge is 2.11. The SMILES string of the molecule is COc1ccc(-n2cc(C)nc2NC(C)C)cc1F. The number of benzene rings is 1. The predicted molar refractivity (Wildman–Crippen MR) is 73.6 cm³/mol. The Bertz CT molecular complexity index is 578. The number of rotatable bonds is 4. The van der Waals surface area contributed by atoms with Gasteiger partial charge in [-0.25, -0.2) is 9.37 Å². The summed E-state index contributed by atoms with van der Waals surface area (Å²) >= 11 is 0. The van der Waals surface area contributed by atoms with Gasteiger partial charge in [-0.05, 0) is 32.9 Å². The maximum absolute atomic E-state index is 13.8. The zero-order valence-electron chi connectivity index (χ0n) is 11.6. The molecule has 0 amide bonds. The highest BCUT2D eigenvalue weighted by atomic mass is 19.1. The highest BCUT2D eigenvalue weighted by Crippen LogP contribution is 2.23. The van der Waals surface area contributed by atoms with Gasteiger partial charge in [0.25, 0.3) is 0 Å². The first-order valence-corrected chi connectivity index (χ1v) is 6.17. The highest BCUT2D eigenvalue weighted by molar-refractivity contribution is 5.46. The Hall–Kier alpha value is -2.04. The number of aryl methyl sites for hydroxylation is 1. The molecule has 1 N–H and O–H groups in total. The van der Waals surface area contributed by atoms with E-state index in [2.05, 4.69) is 10.3 Å². The fraction of sp³-hybridized carbons (Fsp3) is 0.357. The van der Waals surface area contributed by atoms with Crippen molar-refractivity contribution in [2.24, 2.45) is 0 Å². The molecule has 0 aliphatic carbocycles. The minimum atomic E-state index is -0.387. The quantitative estimate of drug-likeness (QED) is 0.921. The minimum Gasteiger partial charge on any atom is -0.494 e. The van der Waals surface area contributed by atoms with Crippen molar-refractivity contribution < 1.29 is 9.13 Å². The molecule has 1 aromatic heterocycles. The van der Waals surface area contributed by atoms with Gasteiger partial charge < -0.3 is 10.1 Å². The molecule has 0 fully saturated rings. The van der Waals surface area contributed by atoms with Crippen molar-refractivity contribution >= 4 is 5.95 Å². The van der Waals surface area contributed by atoms with Gasteiger partial charge in [0, 0.05) is 18.3 Å². The number of aromatic nitrogens is 2. The van der Waals surface area contributed by atoms with Crippen LogP contribution in [0.4, 0.5) is 10.3 Å². The summed E-state index contributed by atoms with van der Waals surface area (Å²) in [5.74, 6) is 0.554. The summed E-state index contributed by atoms with van der Waals surface area (Å²) in [6.07, 6.45) is 1.87. The molecule has 0 atom stereocenters. The molecular weight excluding hydrogens is 245 g/mol. The van der Waals surface area contributed by atoms with Crippen LogP contribution in [0.1, 0.15) is 19.5 Å². The second-order valence-electron chi connectivity index (χ2n) is 4.69. The lowest BCUT2D eigenvalue weighted by molar-refractivity contribution is 0.386. The standard InChI is InChI=1S/C14H18FN3O/c1-9(2)16-14-17-10(3)8-18(14)11-5-6-13(19-4)12(15)7-11/h5-9H,1-4H3,(H,16,17). The largest absolute Gasteiger partial charge is 0.494 e. The lowest BCUT2D eigenvalue weighted by atomic mass is 10.3. The average molecular weight is 263 g/mol. The number of hydrogen-bond donors (Lipinski definition) is 1. The van der Waals surface area contributed by atoms with Gasteiger partial charge in [0.15, 0.2) is 11.6 Å². The van der Waals surface area contributed by atoms with Crippen LogP contribution in [-0.2, 0) is 0 Å². The van der Waals surface area contributed by atoms with Crippen molar-refractivity contribution in [3.63, 3.8) is 0 Å². The number of imidazole rings is 1. The molecule has 0 aliphatic rings. The van der Waals surface area contributed by atoms with Gasteiger partial charge >= 0.3 is 0 Å². The van der Waals surface area contributed by atoms with E-state index in [1.54, 1.807) is 12.1 Å². The van der Waals surface area contributed by atoms with E-state index in [9.17, 15) is 4.39 Å². The third-order valence-electron chi connectivity index (χ3n) is 2.66. The summed E-state index contributed by atoms with van der Waals surface area (Å²) in [6, 6.07) is 5.10. The number of anilines is 1. The second-order valence-corrected chi connectivity index (χ2v) is 4.69. The first-order valence-electron chi connectivity index (χ1n) is 6.17. The van der Waals surface area contributed by atoms with Crippen molar-refractivity contribution in [3.8, 4) is 11.4 Å². The molecule has 2 aromatic rings. The first-order chi connectivity index (χ1) is 9.01. The normalized spacial score (nSPS) is 10.8. The monoisotopic (exact) mass is 263 g/mol. The van der Waals surface area contributed by atoms with Gasteiger partial charge in [-0.1, -0.05) is 0 Å².